The van der Waals surface area contributed by atoms with E-state index in [0.717, 1.165) is 21.4 Å². The van der Waals surface area contributed by atoms with E-state index in [9.17, 15) is 9.59 Å². The monoisotopic (exact) mass is 354 g/mol. The Hall–Kier alpha value is -2.00. The summed E-state index contributed by atoms with van der Waals surface area (Å²) in [6.45, 7) is 4.00. The van der Waals surface area contributed by atoms with E-state index in [1.807, 2.05) is 12.3 Å². The molecule has 2 heterocycles. The van der Waals surface area contributed by atoms with E-state index in [1.54, 1.807) is 0 Å². The second-order valence-corrected chi connectivity index (χ2v) is 6.62. The van der Waals surface area contributed by atoms with Gasteiger partial charge in [-0.3, -0.25) is 9.59 Å². The second kappa shape index (κ2) is 8.02. The third-order valence-corrected chi connectivity index (χ3v) is 4.77. The van der Waals surface area contributed by atoms with Gasteiger partial charge in [0.2, 0.25) is 5.91 Å². The normalized spacial score (nSPS) is 10.4. The highest BCUT2D eigenvalue weighted by atomic mass is 32.1. The SMILES string of the molecule is COC(=O)CCCNc1nc(-c2sc(NC(C)=O)nc2C)cs1. The Morgan fingerprint density at radius 3 is 2.78 bits per heavy atom. The number of hydrogen-bond acceptors (Lipinski definition) is 8. The highest BCUT2D eigenvalue weighted by molar-refractivity contribution is 7.19. The maximum absolute atomic E-state index is 11.1. The van der Waals surface area contributed by atoms with Crippen LogP contribution >= 0.6 is 22.7 Å². The summed E-state index contributed by atoms with van der Waals surface area (Å²) in [6, 6.07) is 0. The third-order valence-electron chi connectivity index (χ3n) is 2.88. The maximum atomic E-state index is 11.1. The zero-order chi connectivity index (χ0) is 16.8. The fourth-order valence-electron chi connectivity index (χ4n) is 1.83. The van der Waals surface area contributed by atoms with Gasteiger partial charge >= 0.3 is 5.97 Å². The number of esters is 1. The number of nitrogens with zero attached hydrogens (tertiary/aromatic N) is 2. The lowest BCUT2D eigenvalue weighted by atomic mass is 10.3. The molecule has 0 spiro atoms. The lowest BCUT2D eigenvalue weighted by molar-refractivity contribution is -0.140. The molecule has 0 aliphatic heterocycles. The number of hydrogen-bond donors (Lipinski definition) is 2. The van der Waals surface area contributed by atoms with Crippen LogP contribution in [0.25, 0.3) is 10.6 Å². The molecule has 0 fully saturated rings. The van der Waals surface area contributed by atoms with Crippen molar-refractivity contribution in [3.63, 3.8) is 0 Å². The maximum Gasteiger partial charge on any atom is 0.305 e. The van der Waals surface area contributed by atoms with Crippen molar-refractivity contribution in [3.8, 4) is 10.6 Å². The van der Waals surface area contributed by atoms with Crippen molar-refractivity contribution in [2.24, 2.45) is 0 Å². The predicted molar refractivity (Wildman–Crippen MR) is 92.0 cm³/mol. The molecule has 0 radical (unpaired) electrons. The van der Waals surface area contributed by atoms with Gasteiger partial charge < -0.3 is 15.4 Å². The number of rotatable bonds is 7. The molecule has 1 amide bonds. The van der Waals surface area contributed by atoms with E-state index in [2.05, 4.69) is 25.3 Å². The highest BCUT2D eigenvalue weighted by Gasteiger charge is 2.13. The van der Waals surface area contributed by atoms with Crippen LogP contribution in [0.3, 0.4) is 0 Å². The van der Waals surface area contributed by atoms with Gasteiger partial charge in [-0.25, -0.2) is 9.97 Å². The number of amides is 1. The molecule has 2 N–H and O–H groups in total. The number of aryl methyl sites for hydroxylation is 1. The number of anilines is 2. The molecular formula is C14H18N4O3S2. The van der Waals surface area contributed by atoms with Gasteiger partial charge in [0.15, 0.2) is 10.3 Å². The summed E-state index contributed by atoms with van der Waals surface area (Å²) in [7, 11) is 1.38. The number of carbonyl (C=O) groups is 2. The number of thiazole rings is 2. The number of ether oxygens (including phenoxy) is 1. The van der Waals surface area contributed by atoms with E-state index >= 15 is 0 Å². The van der Waals surface area contributed by atoms with Gasteiger partial charge in [-0.05, 0) is 13.3 Å². The fourth-order valence-corrected chi connectivity index (χ4v) is 3.61. The Labute approximate surface area is 142 Å². The van der Waals surface area contributed by atoms with Crippen LogP contribution in [0.1, 0.15) is 25.5 Å². The van der Waals surface area contributed by atoms with Crippen LogP contribution in [0.5, 0.6) is 0 Å². The van der Waals surface area contributed by atoms with E-state index in [0.29, 0.717) is 24.5 Å². The summed E-state index contributed by atoms with van der Waals surface area (Å²) in [4.78, 5) is 31.9. The molecule has 9 heteroatoms. The summed E-state index contributed by atoms with van der Waals surface area (Å²) < 4.78 is 4.59. The minimum Gasteiger partial charge on any atom is -0.469 e. The smallest absolute Gasteiger partial charge is 0.305 e. The van der Waals surface area contributed by atoms with Crippen LogP contribution in [0.4, 0.5) is 10.3 Å². The van der Waals surface area contributed by atoms with Gasteiger partial charge in [0, 0.05) is 25.3 Å². The topological polar surface area (TPSA) is 93.2 Å². The van der Waals surface area contributed by atoms with Crippen LogP contribution in [0.15, 0.2) is 5.38 Å². The van der Waals surface area contributed by atoms with Gasteiger partial charge in [-0.1, -0.05) is 11.3 Å². The minimum atomic E-state index is -0.211. The zero-order valence-corrected chi connectivity index (χ0v) is 14.8. The average Bonchev–Trinajstić information content (AvgIpc) is 3.09. The Kier molecular flexibility index (Phi) is 6.05. The summed E-state index contributed by atoms with van der Waals surface area (Å²) in [5.41, 5.74) is 1.67. The lowest BCUT2D eigenvalue weighted by Crippen LogP contribution is -2.06. The Morgan fingerprint density at radius 2 is 2.09 bits per heavy atom. The number of methoxy groups -OCH3 is 1. The molecule has 0 atom stereocenters. The molecule has 0 saturated carbocycles. The quantitative estimate of drug-likeness (QED) is 0.586. The first-order valence-corrected chi connectivity index (χ1v) is 8.71. The molecule has 2 aromatic heterocycles. The summed E-state index contributed by atoms with van der Waals surface area (Å²) >= 11 is 2.90. The standard InChI is InChI=1S/C14H18N4O3S2/c1-8-12(23-14(16-8)17-9(2)19)10-7-22-13(18-10)15-6-4-5-11(20)21-3/h7H,4-6H2,1-3H3,(H,15,18)(H,16,17,19). The van der Waals surface area contributed by atoms with E-state index in [4.69, 9.17) is 0 Å². The summed E-state index contributed by atoms with van der Waals surface area (Å²) in [5.74, 6) is -0.353. The lowest BCUT2D eigenvalue weighted by Gasteiger charge is -2.01. The Morgan fingerprint density at radius 1 is 1.30 bits per heavy atom. The van der Waals surface area contributed by atoms with Crippen LogP contribution in [0, 0.1) is 6.92 Å². The average molecular weight is 354 g/mol. The molecule has 124 valence electrons. The third kappa shape index (κ3) is 5.00. The molecule has 23 heavy (non-hydrogen) atoms. The second-order valence-electron chi connectivity index (χ2n) is 4.76. The van der Waals surface area contributed by atoms with Crippen molar-refractivity contribution in [1.29, 1.82) is 0 Å². The molecule has 2 aromatic rings. The van der Waals surface area contributed by atoms with E-state index in [1.165, 1.54) is 36.7 Å². The highest BCUT2D eigenvalue weighted by Crippen LogP contribution is 2.34. The first-order valence-electron chi connectivity index (χ1n) is 7.01. The molecule has 0 unspecified atom stereocenters. The first kappa shape index (κ1) is 17.4. The molecule has 0 aromatic carbocycles. The molecule has 7 nitrogen and oxygen atoms in total. The van der Waals surface area contributed by atoms with Crippen molar-refractivity contribution in [3.05, 3.63) is 11.1 Å². The van der Waals surface area contributed by atoms with Crippen molar-refractivity contribution in [2.45, 2.75) is 26.7 Å². The molecule has 2 rings (SSSR count). The van der Waals surface area contributed by atoms with Gasteiger partial charge in [0.25, 0.3) is 0 Å². The molecule has 0 aliphatic rings. The van der Waals surface area contributed by atoms with Crippen LogP contribution < -0.4 is 10.6 Å². The number of nitrogens with one attached hydrogen (secondary N) is 2. The van der Waals surface area contributed by atoms with Crippen LogP contribution in [-0.2, 0) is 14.3 Å². The van der Waals surface area contributed by atoms with Crippen molar-refractivity contribution >= 4 is 44.8 Å². The predicted octanol–water partition coefficient (Wildman–Crippen LogP) is 2.90. The minimum absolute atomic E-state index is 0.142. The van der Waals surface area contributed by atoms with Gasteiger partial charge in [0.05, 0.1) is 23.4 Å². The molecule has 0 saturated heterocycles. The van der Waals surface area contributed by atoms with Gasteiger partial charge in [-0.15, -0.1) is 11.3 Å². The van der Waals surface area contributed by atoms with Gasteiger partial charge in [0.1, 0.15) is 0 Å². The molecular weight excluding hydrogens is 336 g/mol. The Bertz CT molecular complexity index is 696. The molecule has 0 bridgehead atoms. The zero-order valence-electron chi connectivity index (χ0n) is 13.1. The van der Waals surface area contributed by atoms with Crippen molar-refractivity contribution < 1.29 is 14.3 Å². The fraction of sp³-hybridized carbons (Fsp3) is 0.429. The number of aromatic nitrogens is 2. The van der Waals surface area contributed by atoms with Gasteiger partial charge in [-0.2, -0.15) is 0 Å². The van der Waals surface area contributed by atoms with E-state index in [-0.39, 0.29) is 11.9 Å². The Balaban J connectivity index is 1.95. The van der Waals surface area contributed by atoms with Crippen molar-refractivity contribution in [1.82, 2.24) is 9.97 Å². The summed E-state index contributed by atoms with van der Waals surface area (Å²) in [6.07, 6.45) is 1.07. The van der Waals surface area contributed by atoms with Crippen molar-refractivity contribution in [2.75, 3.05) is 24.3 Å². The van der Waals surface area contributed by atoms with E-state index < -0.39 is 0 Å². The number of carbonyl (C=O) groups excluding carboxylic acids is 2. The first-order chi connectivity index (χ1) is 11.0. The largest absolute Gasteiger partial charge is 0.469 e. The van der Waals surface area contributed by atoms with Crippen LogP contribution in [-0.4, -0.2) is 35.5 Å². The summed E-state index contributed by atoms with van der Waals surface area (Å²) in [5, 5.41) is 9.18. The van der Waals surface area contributed by atoms with Crippen LogP contribution in [0.2, 0.25) is 0 Å². The molecule has 0 aliphatic carbocycles.